The molecule has 2 nitrogen and oxygen atoms in total. The van der Waals surface area contributed by atoms with Gasteiger partial charge in [-0.2, -0.15) is 0 Å². The molecule has 1 aromatic rings. The largest absolute Gasteiger partial charge is 0.449 e. The first-order valence-corrected chi connectivity index (χ1v) is 6.14. The highest BCUT2D eigenvalue weighted by Crippen LogP contribution is 2.42. The van der Waals surface area contributed by atoms with E-state index in [1.807, 2.05) is 24.3 Å². The summed E-state index contributed by atoms with van der Waals surface area (Å²) < 4.78 is 4.87. The Labute approximate surface area is 110 Å². The fourth-order valence-electron chi connectivity index (χ4n) is 2.50. The highest BCUT2D eigenvalue weighted by molar-refractivity contribution is 6.61. The topological polar surface area (TPSA) is 26.3 Å². The number of hydrogen-bond donors (Lipinski definition) is 0. The van der Waals surface area contributed by atoms with Crippen molar-refractivity contribution < 1.29 is 9.53 Å². The van der Waals surface area contributed by atoms with Gasteiger partial charge >= 0.3 is 5.43 Å². The first-order valence-electron chi connectivity index (χ1n) is 5.76. The summed E-state index contributed by atoms with van der Waals surface area (Å²) in [5.41, 5.74) is 3.96. The molecule has 0 amide bonds. The molecule has 18 heavy (non-hydrogen) atoms. The third-order valence-electron chi connectivity index (χ3n) is 3.29. The third-order valence-corrected chi connectivity index (χ3v) is 3.40. The van der Waals surface area contributed by atoms with Gasteiger partial charge in [0.15, 0.2) is 0 Å². The quantitative estimate of drug-likeness (QED) is 0.749. The minimum atomic E-state index is -0.766. The second-order valence-electron chi connectivity index (χ2n) is 4.31. The van der Waals surface area contributed by atoms with Gasteiger partial charge < -0.3 is 4.74 Å². The van der Waals surface area contributed by atoms with Crippen LogP contribution in [0.25, 0.3) is 6.08 Å². The van der Waals surface area contributed by atoms with Crippen LogP contribution in [0, 0.1) is 0 Å². The maximum Gasteiger partial charge on any atom is 0.404 e. The van der Waals surface area contributed by atoms with Crippen molar-refractivity contribution in [1.29, 1.82) is 0 Å². The van der Waals surface area contributed by atoms with Crippen molar-refractivity contribution in [2.24, 2.45) is 0 Å². The van der Waals surface area contributed by atoms with Gasteiger partial charge in [0.1, 0.15) is 6.61 Å². The van der Waals surface area contributed by atoms with Gasteiger partial charge in [-0.25, -0.2) is 4.79 Å². The van der Waals surface area contributed by atoms with Crippen molar-refractivity contribution in [2.75, 3.05) is 6.61 Å². The number of rotatable bonds is 2. The van der Waals surface area contributed by atoms with E-state index in [-0.39, 0.29) is 12.5 Å². The molecule has 0 saturated heterocycles. The van der Waals surface area contributed by atoms with Crippen LogP contribution < -0.4 is 0 Å². The van der Waals surface area contributed by atoms with Gasteiger partial charge in [0.05, 0.1) is 0 Å². The molecule has 2 aliphatic carbocycles. The van der Waals surface area contributed by atoms with Crippen molar-refractivity contribution in [3.05, 3.63) is 64.8 Å². The minimum absolute atomic E-state index is 0.225. The molecule has 0 bridgehead atoms. The van der Waals surface area contributed by atoms with E-state index in [9.17, 15) is 4.79 Å². The first kappa shape index (κ1) is 11.3. The fraction of sp³-hybridized carbons (Fsp3) is 0.133. The highest BCUT2D eigenvalue weighted by Gasteiger charge is 2.26. The summed E-state index contributed by atoms with van der Waals surface area (Å²) in [5, 5.41) is 0. The van der Waals surface area contributed by atoms with Gasteiger partial charge in [-0.3, -0.25) is 0 Å². The van der Waals surface area contributed by atoms with Crippen LogP contribution in [0.1, 0.15) is 17.0 Å². The molecule has 1 atom stereocenters. The maximum atomic E-state index is 10.7. The van der Waals surface area contributed by atoms with Gasteiger partial charge in [-0.15, -0.1) is 0 Å². The van der Waals surface area contributed by atoms with Gasteiger partial charge in [-0.05, 0) is 22.3 Å². The lowest BCUT2D eigenvalue weighted by atomic mass is 9.88. The van der Waals surface area contributed by atoms with E-state index in [0.717, 1.165) is 5.57 Å². The monoisotopic (exact) mass is 258 g/mol. The fourth-order valence-corrected chi connectivity index (χ4v) is 2.55. The Morgan fingerprint density at radius 2 is 2.17 bits per heavy atom. The second-order valence-corrected chi connectivity index (χ2v) is 4.62. The lowest BCUT2D eigenvalue weighted by molar-refractivity contribution is 0.184. The zero-order valence-electron chi connectivity index (χ0n) is 9.60. The third kappa shape index (κ3) is 1.89. The number of benzene rings is 1. The minimum Gasteiger partial charge on any atom is -0.449 e. The summed E-state index contributed by atoms with van der Waals surface area (Å²) in [4.78, 5) is 10.7. The zero-order valence-corrected chi connectivity index (χ0v) is 10.4. The Morgan fingerprint density at radius 3 is 3.00 bits per heavy atom. The molecule has 2 aliphatic rings. The molecule has 0 radical (unpaired) electrons. The van der Waals surface area contributed by atoms with Crippen molar-refractivity contribution in [3.8, 4) is 0 Å². The molecule has 0 aromatic heterocycles. The molecule has 0 N–H and O–H groups in total. The van der Waals surface area contributed by atoms with Crippen LogP contribution in [0.3, 0.4) is 0 Å². The van der Waals surface area contributed by atoms with Gasteiger partial charge in [0, 0.05) is 17.5 Å². The predicted octanol–water partition coefficient (Wildman–Crippen LogP) is 4.04. The van der Waals surface area contributed by atoms with Gasteiger partial charge in [-0.1, -0.05) is 48.6 Å². The van der Waals surface area contributed by atoms with Crippen LogP contribution in [0.4, 0.5) is 4.79 Å². The molecule has 0 aliphatic heterocycles. The summed E-state index contributed by atoms with van der Waals surface area (Å²) in [5.74, 6) is 0.273. The molecule has 90 valence electrons. The van der Waals surface area contributed by atoms with E-state index >= 15 is 0 Å². The van der Waals surface area contributed by atoms with Crippen LogP contribution in [0.2, 0.25) is 0 Å². The number of halogens is 1. The average Bonchev–Trinajstić information content (AvgIpc) is 2.75. The first-order chi connectivity index (χ1) is 8.75. The Hall–Kier alpha value is -1.80. The van der Waals surface area contributed by atoms with E-state index in [4.69, 9.17) is 16.3 Å². The van der Waals surface area contributed by atoms with Crippen molar-refractivity contribution in [2.45, 2.75) is 5.92 Å². The van der Waals surface area contributed by atoms with E-state index in [1.165, 1.54) is 16.7 Å². The molecular weight excluding hydrogens is 248 g/mol. The Kier molecular flexibility index (Phi) is 2.80. The SMILES string of the molecule is O=C(Cl)OCC1=CC=CC2C1=Cc1ccccc12. The van der Waals surface area contributed by atoms with Crippen LogP contribution in [-0.4, -0.2) is 12.0 Å². The molecular formula is C15H11ClO2. The highest BCUT2D eigenvalue weighted by atomic mass is 35.5. The normalized spacial score (nSPS) is 19.7. The van der Waals surface area contributed by atoms with Crippen molar-refractivity contribution in [3.63, 3.8) is 0 Å². The Balaban J connectivity index is 1.91. The number of fused-ring (bicyclic) bond motifs is 3. The Bertz CT molecular complexity index is 596. The maximum absolute atomic E-state index is 10.7. The summed E-state index contributed by atoms with van der Waals surface area (Å²) in [7, 11) is 0. The van der Waals surface area contributed by atoms with Crippen LogP contribution in [0.5, 0.6) is 0 Å². The standard InChI is InChI=1S/C15H11ClO2/c16-15(17)18-9-11-5-3-7-13-12-6-2-1-4-10(12)8-14(11)13/h1-8,13H,9H2. The van der Waals surface area contributed by atoms with E-state index < -0.39 is 5.43 Å². The summed E-state index contributed by atoms with van der Waals surface area (Å²) in [6, 6.07) is 8.30. The molecule has 0 heterocycles. The van der Waals surface area contributed by atoms with Gasteiger partial charge in [0.2, 0.25) is 0 Å². The number of ether oxygens (including phenoxy) is 1. The molecule has 1 unspecified atom stereocenters. The van der Waals surface area contributed by atoms with Crippen molar-refractivity contribution >= 4 is 23.1 Å². The van der Waals surface area contributed by atoms with Crippen molar-refractivity contribution in [1.82, 2.24) is 0 Å². The molecule has 0 saturated carbocycles. The molecule has 3 rings (SSSR count). The van der Waals surface area contributed by atoms with E-state index in [2.05, 4.69) is 24.3 Å². The van der Waals surface area contributed by atoms with E-state index in [1.54, 1.807) is 0 Å². The molecule has 1 aromatic carbocycles. The lowest BCUT2D eigenvalue weighted by Crippen LogP contribution is -2.08. The molecule has 0 fully saturated rings. The number of hydrogen-bond acceptors (Lipinski definition) is 2. The average molecular weight is 259 g/mol. The molecule has 0 spiro atoms. The summed E-state index contributed by atoms with van der Waals surface area (Å²) >= 11 is 5.20. The predicted molar refractivity (Wildman–Crippen MR) is 71.6 cm³/mol. The van der Waals surface area contributed by atoms with Gasteiger partial charge in [0.25, 0.3) is 0 Å². The van der Waals surface area contributed by atoms with Crippen LogP contribution in [0.15, 0.2) is 53.6 Å². The molecule has 3 heteroatoms. The number of allylic oxidation sites excluding steroid dienone is 3. The zero-order chi connectivity index (χ0) is 12.5. The van der Waals surface area contributed by atoms with Crippen LogP contribution >= 0.6 is 11.6 Å². The lowest BCUT2D eigenvalue weighted by Gasteiger charge is -2.18. The number of carbonyl (C=O) groups is 1. The summed E-state index contributed by atoms with van der Waals surface area (Å²) in [6.45, 7) is 0.225. The van der Waals surface area contributed by atoms with Crippen LogP contribution in [-0.2, 0) is 4.74 Å². The Morgan fingerprint density at radius 1 is 1.33 bits per heavy atom. The van der Waals surface area contributed by atoms with E-state index in [0.29, 0.717) is 0 Å². The number of carbonyl (C=O) groups excluding carboxylic acids is 1. The smallest absolute Gasteiger partial charge is 0.404 e. The second kappa shape index (κ2) is 4.46. The summed E-state index contributed by atoms with van der Waals surface area (Å²) in [6.07, 6.45) is 8.27.